The molecule has 4 aliphatic rings. The zero-order chi connectivity index (χ0) is 15.7. The summed E-state index contributed by atoms with van der Waals surface area (Å²) in [6, 6.07) is 0. The van der Waals surface area contributed by atoms with Gasteiger partial charge in [0.1, 0.15) is 5.78 Å². The Balaban J connectivity index is 1.68. The number of hydrogen-bond donors (Lipinski definition) is 1. The fraction of sp³-hybridized carbons (Fsp3) is 0.750. The van der Waals surface area contributed by atoms with Gasteiger partial charge >= 0.3 is 0 Å². The van der Waals surface area contributed by atoms with Crippen LogP contribution in [0.5, 0.6) is 0 Å². The van der Waals surface area contributed by atoms with Crippen molar-refractivity contribution in [3.63, 3.8) is 0 Å². The number of carbonyl (C=O) groups is 1. The third-order valence-corrected chi connectivity index (χ3v) is 7.93. The molecule has 0 aromatic rings. The minimum absolute atomic E-state index is 0.0128. The van der Waals surface area contributed by atoms with E-state index in [2.05, 4.69) is 19.6 Å². The van der Waals surface area contributed by atoms with Gasteiger partial charge in [0, 0.05) is 18.3 Å². The molecule has 0 saturated heterocycles. The van der Waals surface area contributed by atoms with Crippen LogP contribution in [0.15, 0.2) is 23.8 Å². The van der Waals surface area contributed by atoms with Crippen molar-refractivity contribution in [3.8, 4) is 0 Å². The van der Waals surface area contributed by atoms with Crippen molar-refractivity contribution in [3.05, 3.63) is 23.8 Å². The second-order valence-electron chi connectivity index (χ2n) is 8.65. The average Bonchev–Trinajstić information content (AvgIpc) is 2.66. The van der Waals surface area contributed by atoms with Crippen LogP contribution >= 0.6 is 0 Å². The van der Waals surface area contributed by atoms with Crippen molar-refractivity contribution in [1.82, 2.24) is 0 Å². The first-order valence-corrected chi connectivity index (χ1v) is 8.96. The molecule has 3 fully saturated rings. The van der Waals surface area contributed by atoms with Crippen LogP contribution in [-0.4, -0.2) is 16.5 Å². The molecule has 120 valence electrons. The molecule has 22 heavy (non-hydrogen) atoms. The molecule has 0 aliphatic heterocycles. The molecule has 0 spiro atoms. The highest BCUT2D eigenvalue weighted by molar-refractivity contribution is 5.82. The van der Waals surface area contributed by atoms with Gasteiger partial charge in [-0.15, -0.1) is 0 Å². The standard InChI is InChI=1S/C20H28O2/c1-12-10-18-17-6-4-13-11-14(21)5-7-15(13)16(17)8-9-19(18,2)20(12,3)22/h4,15-18,22H,1,5-11H2,2-3H3. The molecule has 0 heterocycles. The maximum absolute atomic E-state index is 11.8. The summed E-state index contributed by atoms with van der Waals surface area (Å²) in [6.07, 6.45) is 9.32. The van der Waals surface area contributed by atoms with E-state index in [-0.39, 0.29) is 5.41 Å². The molecule has 2 nitrogen and oxygen atoms in total. The van der Waals surface area contributed by atoms with E-state index in [0.717, 1.165) is 43.6 Å². The van der Waals surface area contributed by atoms with Crippen molar-refractivity contribution in [2.45, 2.75) is 64.4 Å². The van der Waals surface area contributed by atoms with Crippen LogP contribution in [0, 0.1) is 29.1 Å². The number of aliphatic hydroxyl groups is 1. The minimum atomic E-state index is -0.713. The van der Waals surface area contributed by atoms with Gasteiger partial charge in [-0.3, -0.25) is 4.79 Å². The third kappa shape index (κ3) is 1.73. The summed E-state index contributed by atoms with van der Waals surface area (Å²) in [5, 5.41) is 11.0. The lowest BCUT2D eigenvalue weighted by Gasteiger charge is -2.54. The number of rotatable bonds is 0. The van der Waals surface area contributed by atoms with Crippen LogP contribution in [0.2, 0.25) is 0 Å². The topological polar surface area (TPSA) is 37.3 Å². The van der Waals surface area contributed by atoms with E-state index in [1.165, 1.54) is 12.0 Å². The van der Waals surface area contributed by atoms with E-state index >= 15 is 0 Å². The van der Waals surface area contributed by atoms with Crippen molar-refractivity contribution in [2.24, 2.45) is 29.1 Å². The van der Waals surface area contributed by atoms with Crippen molar-refractivity contribution in [2.75, 3.05) is 0 Å². The number of hydrogen-bond acceptors (Lipinski definition) is 2. The highest BCUT2D eigenvalue weighted by atomic mass is 16.3. The maximum atomic E-state index is 11.8. The van der Waals surface area contributed by atoms with E-state index in [0.29, 0.717) is 30.0 Å². The van der Waals surface area contributed by atoms with Gasteiger partial charge in [-0.25, -0.2) is 0 Å². The Hall–Kier alpha value is -0.890. The van der Waals surface area contributed by atoms with E-state index in [9.17, 15) is 9.90 Å². The normalized spacial score (nSPS) is 51.0. The molecular formula is C20H28O2. The van der Waals surface area contributed by atoms with E-state index < -0.39 is 5.60 Å². The monoisotopic (exact) mass is 300 g/mol. The van der Waals surface area contributed by atoms with E-state index in [1.807, 2.05) is 6.92 Å². The molecule has 0 bridgehead atoms. The number of carbonyl (C=O) groups excluding carboxylic acids is 1. The molecule has 6 unspecified atom stereocenters. The molecule has 0 amide bonds. The predicted molar refractivity (Wildman–Crippen MR) is 87.2 cm³/mol. The summed E-state index contributed by atoms with van der Waals surface area (Å²) >= 11 is 0. The second kappa shape index (κ2) is 4.56. The lowest BCUT2D eigenvalue weighted by Crippen LogP contribution is -2.51. The molecule has 0 radical (unpaired) electrons. The molecule has 2 heteroatoms. The summed E-state index contributed by atoms with van der Waals surface area (Å²) in [6.45, 7) is 8.47. The summed E-state index contributed by atoms with van der Waals surface area (Å²) in [7, 11) is 0. The molecule has 6 atom stereocenters. The van der Waals surface area contributed by atoms with E-state index in [4.69, 9.17) is 0 Å². The number of fused-ring (bicyclic) bond motifs is 5. The predicted octanol–water partition coefficient (Wildman–Crippen LogP) is 4.05. The molecule has 0 aromatic heterocycles. The molecule has 1 N–H and O–H groups in total. The molecule has 3 saturated carbocycles. The molecule has 4 aliphatic carbocycles. The Morgan fingerprint density at radius 3 is 2.82 bits per heavy atom. The largest absolute Gasteiger partial charge is 0.385 e. The van der Waals surface area contributed by atoms with Crippen LogP contribution < -0.4 is 0 Å². The van der Waals surface area contributed by atoms with Gasteiger partial charge in [0.25, 0.3) is 0 Å². The Morgan fingerprint density at radius 1 is 1.27 bits per heavy atom. The van der Waals surface area contributed by atoms with Crippen LogP contribution in [0.1, 0.15) is 58.8 Å². The first-order valence-electron chi connectivity index (χ1n) is 8.96. The number of ketones is 1. The highest BCUT2D eigenvalue weighted by Crippen LogP contribution is 2.65. The number of allylic oxidation sites excluding steroid dienone is 2. The third-order valence-electron chi connectivity index (χ3n) is 7.93. The van der Waals surface area contributed by atoms with Crippen LogP contribution in [0.3, 0.4) is 0 Å². The minimum Gasteiger partial charge on any atom is -0.385 e. The van der Waals surface area contributed by atoms with Crippen molar-refractivity contribution < 1.29 is 9.90 Å². The Bertz CT molecular complexity index is 570. The van der Waals surface area contributed by atoms with Gasteiger partial charge in [0.2, 0.25) is 0 Å². The Kier molecular flexibility index (Phi) is 3.05. The summed E-state index contributed by atoms with van der Waals surface area (Å²) in [5.74, 6) is 3.03. The fourth-order valence-electron chi connectivity index (χ4n) is 6.27. The summed E-state index contributed by atoms with van der Waals surface area (Å²) in [5.41, 5.74) is 1.75. The Labute approximate surface area is 133 Å². The lowest BCUT2D eigenvalue weighted by atomic mass is 9.51. The van der Waals surface area contributed by atoms with Gasteiger partial charge in [-0.2, -0.15) is 0 Å². The molecular weight excluding hydrogens is 272 g/mol. The molecule has 0 aromatic carbocycles. The van der Waals surface area contributed by atoms with Crippen LogP contribution in [0.4, 0.5) is 0 Å². The van der Waals surface area contributed by atoms with Crippen molar-refractivity contribution >= 4 is 5.78 Å². The second-order valence-corrected chi connectivity index (χ2v) is 8.65. The van der Waals surface area contributed by atoms with Gasteiger partial charge < -0.3 is 5.11 Å². The van der Waals surface area contributed by atoms with Gasteiger partial charge in [-0.05, 0) is 68.3 Å². The zero-order valence-electron chi connectivity index (χ0n) is 13.9. The molecule has 4 rings (SSSR count). The highest BCUT2D eigenvalue weighted by Gasteiger charge is 2.61. The van der Waals surface area contributed by atoms with Crippen molar-refractivity contribution in [1.29, 1.82) is 0 Å². The smallest absolute Gasteiger partial charge is 0.136 e. The summed E-state index contributed by atoms with van der Waals surface area (Å²) < 4.78 is 0. The van der Waals surface area contributed by atoms with Crippen LogP contribution in [-0.2, 0) is 4.79 Å². The first kappa shape index (κ1) is 14.7. The maximum Gasteiger partial charge on any atom is 0.136 e. The van der Waals surface area contributed by atoms with Gasteiger partial charge in [0.15, 0.2) is 0 Å². The van der Waals surface area contributed by atoms with Gasteiger partial charge in [-0.1, -0.05) is 25.2 Å². The fourth-order valence-corrected chi connectivity index (χ4v) is 6.27. The number of Topliss-reactive ketones (excluding diaryl/α,β-unsaturated/α-hetero) is 1. The quantitative estimate of drug-likeness (QED) is 0.685. The van der Waals surface area contributed by atoms with E-state index in [1.54, 1.807) is 0 Å². The lowest BCUT2D eigenvalue weighted by molar-refractivity contribution is -0.121. The SMILES string of the molecule is C=C1CC2C3CC=C4CC(=O)CCC4C3CCC2(C)C1(C)O. The first-order chi connectivity index (χ1) is 10.3. The Morgan fingerprint density at radius 2 is 2.05 bits per heavy atom. The van der Waals surface area contributed by atoms with Gasteiger partial charge in [0.05, 0.1) is 5.60 Å². The average molecular weight is 300 g/mol. The van der Waals surface area contributed by atoms with Crippen LogP contribution in [0.25, 0.3) is 0 Å². The summed E-state index contributed by atoms with van der Waals surface area (Å²) in [4.78, 5) is 11.8. The zero-order valence-corrected chi connectivity index (χ0v) is 13.9.